The molecule has 1 aromatic heterocycles. The topological polar surface area (TPSA) is 41.9 Å². The summed E-state index contributed by atoms with van der Waals surface area (Å²) in [6.07, 6.45) is -3.80. The molecule has 0 saturated heterocycles. The Labute approximate surface area is 144 Å². The number of halogens is 3. The molecule has 0 bridgehead atoms. The Morgan fingerprint density at radius 3 is 2.46 bits per heavy atom. The second-order valence-electron chi connectivity index (χ2n) is 5.49. The van der Waals surface area contributed by atoms with Gasteiger partial charge < -0.3 is 10.6 Å². The Kier molecular flexibility index (Phi) is 5.82. The van der Waals surface area contributed by atoms with Crippen LogP contribution < -0.4 is 10.6 Å². The molecule has 2 rings (SSSR count). The summed E-state index contributed by atoms with van der Waals surface area (Å²) >= 11 is 5.18. The molecule has 24 heavy (non-hydrogen) atoms. The molecule has 130 valence electrons. The molecule has 0 atom stereocenters. The van der Waals surface area contributed by atoms with Gasteiger partial charge in [0.2, 0.25) is 0 Å². The molecule has 8 heteroatoms. The zero-order valence-corrected chi connectivity index (χ0v) is 14.3. The van der Waals surface area contributed by atoms with Crippen LogP contribution in [0.4, 0.5) is 18.9 Å². The highest BCUT2D eigenvalue weighted by Gasteiger charge is 2.34. The average Bonchev–Trinajstić information content (AvgIpc) is 2.87. The number of thiocarbonyl (C=S) groups is 1. The minimum Gasteiger partial charge on any atom is -0.362 e. The normalized spacial score (nSPS) is 11.4. The van der Waals surface area contributed by atoms with E-state index in [-0.39, 0.29) is 0 Å². The molecule has 1 heterocycles. The number of aromatic nitrogens is 2. The predicted molar refractivity (Wildman–Crippen MR) is 92.0 cm³/mol. The van der Waals surface area contributed by atoms with Crippen LogP contribution in [-0.2, 0) is 12.7 Å². The van der Waals surface area contributed by atoms with Crippen LogP contribution in [0.2, 0.25) is 0 Å². The number of hydrogen-bond acceptors (Lipinski definition) is 2. The number of hydrogen-bond donors (Lipinski definition) is 2. The van der Waals surface area contributed by atoms with Crippen molar-refractivity contribution in [1.29, 1.82) is 0 Å². The number of alkyl halides is 3. The number of nitrogens with zero attached hydrogens (tertiary/aromatic N) is 2. The Morgan fingerprint density at radius 1 is 1.21 bits per heavy atom. The van der Waals surface area contributed by atoms with Gasteiger partial charge in [-0.2, -0.15) is 18.3 Å². The van der Waals surface area contributed by atoms with Crippen molar-refractivity contribution in [2.24, 2.45) is 0 Å². The lowest BCUT2D eigenvalue weighted by Crippen LogP contribution is -2.29. The van der Waals surface area contributed by atoms with Crippen LogP contribution in [0.1, 0.15) is 23.4 Å². The van der Waals surface area contributed by atoms with Crippen LogP contribution >= 0.6 is 12.2 Å². The molecule has 0 spiro atoms. The minimum atomic E-state index is -4.41. The Bertz CT molecular complexity index is 692. The molecular formula is C16H19F3N4S. The monoisotopic (exact) mass is 356 g/mol. The van der Waals surface area contributed by atoms with Crippen LogP contribution in [0.25, 0.3) is 0 Å². The maximum atomic E-state index is 12.6. The van der Waals surface area contributed by atoms with Crippen LogP contribution in [-0.4, -0.2) is 21.4 Å². The van der Waals surface area contributed by atoms with Crippen molar-refractivity contribution in [2.75, 3.05) is 11.9 Å². The lowest BCUT2D eigenvalue weighted by molar-refractivity contribution is -0.141. The highest BCUT2D eigenvalue weighted by Crippen LogP contribution is 2.28. The number of anilines is 1. The second-order valence-corrected chi connectivity index (χ2v) is 5.90. The summed E-state index contributed by atoms with van der Waals surface area (Å²) in [5.41, 5.74) is 1.68. The molecule has 0 aliphatic heterocycles. The van der Waals surface area contributed by atoms with Crippen molar-refractivity contribution in [3.05, 3.63) is 47.3 Å². The number of rotatable bonds is 5. The van der Waals surface area contributed by atoms with Gasteiger partial charge in [-0.15, -0.1) is 0 Å². The lowest BCUT2D eigenvalue weighted by atomic mass is 10.2. The van der Waals surface area contributed by atoms with Crippen LogP contribution in [0, 0.1) is 13.8 Å². The fraction of sp³-hybridized carbons (Fsp3) is 0.375. The molecule has 0 amide bonds. The third kappa shape index (κ3) is 5.23. The molecule has 2 N–H and O–H groups in total. The highest BCUT2D eigenvalue weighted by molar-refractivity contribution is 7.80. The van der Waals surface area contributed by atoms with Crippen molar-refractivity contribution in [2.45, 2.75) is 33.0 Å². The summed E-state index contributed by atoms with van der Waals surface area (Å²) in [6, 6.07) is 8.86. The molecular weight excluding hydrogens is 337 g/mol. The SMILES string of the molecule is Cc1ccc(NC(=S)NCCCn2nc(C(F)(F)F)cc2C)cc1. The van der Waals surface area contributed by atoms with Crippen LogP contribution in [0.3, 0.4) is 0 Å². The Hall–Kier alpha value is -2.09. The first-order valence-electron chi connectivity index (χ1n) is 7.49. The van der Waals surface area contributed by atoms with E-state index < -0.39 is 11.9 Å². The van der Waals surface area contributed by atoms with E-state index in [1.807, 2.05) is 31.2 Å². The molecule has 0 unspecified atom stereocenters. The standard InChI is InChI=1S/C16H19F3N4S/c1-11-4-6-13(7-5-11)21-15(24)20-8-3-9-23-12(2)10-14(22-23)16(17,18)19/h4-7,10H,3,8-9H2,1-2H3,(H2,20,21,24). The van der Waals surface area contributed by atoms with Gasteiger partial charge in [0.1, 0.15) is 0 Å². The van der Waals surface area contributed by atoms with Crippen molar-refractivity contribution < 1.29 is 13.2 Å². The van der Waals surface area contributed by atoms with Gasteiger partial charge in [0.25, 0.3) is 0 Å². The molecule has 2 aromatic rings. The molecule has 1 aromatic carbocycles. The molecule has 0 aliphatic carbocycles. The number of nitrogens with one attached hydrogen (secondary N) is 2. The first kappa shape index (κ1) is 18.3. The van der Waals surface area contributed by atoms with E-state index in [1.54, 1.807) is 6.92 Å². The second kappa shape index (κ2) is 7.65. The van der Waals surface area contributed by atoms with E-state index in [2.05, 4.69) is 15.7 Å². The highest BCUT2D eigenvalue weighted by atomic mass is 32.1. The average molecular weight is 356 g/mol. The first-order chi connectivity index (χ1) is 11.3. The maximum absolute atomic E-state index is 12.6. The van der Waals surface area contributed by atoms with E-state index in [9.17, 15) is 13.2 Å². The minimum absolute atomic E-state index is 0.391. The third-order valence-electron chi connectivity index (χ3n) is 3.41. The van der Waals surface area contributed by atoms with Crippen molar-refractivity contribution in [1.82, 2.24) is 15.1 Å². The summed E-state index contributed by atoms with van der Waals surface area (Å²) in [4.78, 5) is 0. The zero-order chi connectivity index (χ0) is 17.7. The van der Waals surface area contributed by atoms with Crippen molar-refractivity contribution in [3.8, 4) is 0 Å². The van der Waals surface area contributed by atoms with E-state index in [0.29, 0.717) is 30.3 Å². The number of benzene rings is 1. The number of aryl methyl sites for hydroxylation is 3. The summed E-state index contributed by atoms with van der Waals surface area (Å²) in [5, 5.41) is 10.1. The fourth-order valence-corrected chi connectivity index (χ4v) is 2.34. The van der Waals surface area contributed by atoms with Crippen LogP contribution in [0.15, 0.2) is 30.3 Å². The largest absolute Gasteiger partial charge is 0.435 e. The molecule has 0 fully saturated rings. The zero-order valence-electron chi connectivity index (χ0n) is 13.4. The van der Waals surface area contributed by atoms with E-state index in [4.69, 9.17) is 12.2 Å². The summed E-state index contributed by atoms with van der Waals surface area (Å²) in [5.74, 6) is 0. The third-order valence-corrected chi connectivity index (χ3v) is 3.66. The van der Waals surface area contributed by atoms with E-state index >= 15 is 0 Å². The van der Waals surface area contributed by atoms with Gasteiger partial charge in [0.15, 0.2) is 10.8 Å². The van der Waals surface area contributed by atoms with Gasteiger partial charge in [-0.25, -0.2) is 0 Å². The van der Waals surface area contributed by atoms with E-state index in [0.717, 1.165) is 17.3 Å². The van der Waals surface area contributed by atoms with E-state index in [1.165, 1.54) is 4.68 Å². The first-order valence-corrected chi connectivity index (χ1v) is 7.90. The molecule has 0 saturated carbocycles. The van der Waals surface area contributed by atoms with Gasteiger partial charge in [-0.1, -0.05) is 17.7 Å². The lowest BCUT2D eigenvalue weighted by Gasteiger charge is -2.11. The summed E-state index contributed by atoms with van der Waals surface area (Å²) in [7, 11) is 0. The van der Waals surface area contributed by atoms with Crippen molar-refractivity contribution >= 4 is 23.0 Å². The fourth-order valence-electron chi connectivity index (χ4n) is 2.12. The smallest absolute Gasteiger partial charge is 0.362 e. The van der Waals surface area contributed by atoms with Crippen LogP contribution in [0.5, 0.6) is 0 Å². The molecule has 0 radical (unpaired) electrons. The maximum Gasteiger partial charge on any atom is 0.435 e. The molecule has 0 aliphatic rings. The summed E-state index contributed by atoms with van der Waals surface area (Å²) < 4.78 is 39.1. The van der Waals surface area contributed by atoms with Gasteiger partial charge >= 0.3 is 6.18 Å². The van der Waals surface area contributed by atoms with Gasteiger partial charge in [-0.05, 0) is 50.7 Å². The predicted octanol–water partition coefficient (Wildman–Crippen LogP) is 3.90. The van der Waals surface area contributed by atoms with Gasteiger partial charge in [0.05, 0.1) is 0 Å². The molecule has 4 nitrogen and oxygen atoms in total. The Balaban J connectivity index is 1.75. The van der Waals surface area contributed by atoms with Gasteiger partial charge in [0, 0.05) is 24.5 Å². The quantitative estimate of drug-likeness (QED) is 0.630. The van der Waals surface area contributed by atoms with Crippen molar-refractivity contribution in [3.63, 3.8) is 0 Å². The Morgan fingerprint density at radius 2 is 1.88 bits per heavy atom. The summed E-state index contributed by atoms with van der Waals surface area (Å²) in [6.45, 7) is 4.54. The van der Waals surface area contributed by atoms with Gasteiger partial charge in [-0.3, -0.25) is 4.68 Å².